The molecule has 1 amide bonds. The summed E-state index contributed by atoms with van der Waals surface area (Å²) in [6.07, 6.45) is 4.37. The molecule has 0 bridgehead atoms. The number of hydrogen-bond donors (Lipinski definition) is 0. The van der Waals surface area contributed by atoms with E-state index in [2.05, 4.69) is 29.6 Å². The molecule has 0 spiro atoms. The predicted octanol–water partition coefficient (Wildman–Crippen LogP) is 3.47. The van der Waals surface area contributed by atoms with Gasteiger partial charge in [-0.25, -0.2) is 0 Å². The highest BCUT2D eigenvalue weighted by molar-refractivity contribution is 7.17. The van der Waals surface area contributed by atoms with Crippen LogP contribution in [0.2, 0.25) is 0 Å². The van der Waals surface area contributed by atoms with Gasteiger partial charge in [0.25, 0.3) is 0 Å². The fraction of sp³-hybridized carbons (Fsp3) is 0.471. The minimum absolute atomic E-state index is 0.142. The Morgan fingerprint density at radius 3 is 2.90 bits per heavy atom. The number of likely N-dealkylation sites (tertiary alicyclic amines) is 1. The molecule has 1 aliphatic heterocycles. The zero-order chi connectivity index (χ0) is 14.5. The SMILES string of the molecule is O=C(COCCc1cccc2sccc12)N1CCCCC1. The van der Waals surface area contributed by atoms with E-state index in [0.717, 1.165) is 32.4 Å². The van der Waals surface area contributed by atoms with Crippen LogP contribution in [0, 0.1) is 0 Å². The van der Waals surface area contributed by atoms with Gasteiger partial charge in [0.1, 0.15) is 6.61 Å². The van der Waals surface area contributed by atoms with Crippen molar-refractivity contribution in [3.8, 4) is 0 Å². The summed E-state index contributed by atoms with van der Waals surface area (Å²) in [5.74, 6) is 0.142. The lowest BCUT2D eigenvalue weighted by atomic mass is 10.1. The Kier molecular flexibility index (Phi) is 4.88. The van der Waals surface area contributed by atoms with E-state index in [-0.39, 0.29) is 12.5 Å². The van der Waals surface area contributed by atoms with Crippen LogP contribution in [0.4, 0.5) is 0 Å². The monoisotopic (exact) mass is 303 g/mol. The molecule has 2 aromatic rings. The maximum absolute atomic E-state index is 12.0. The lowest BCUT2D eigenvalue weighted by Crippen LogP contribution is -2.38. The summed E-state index contributed by atoms with van der Waals surface area (Å²) in [4.78, 5) is 13.9. The Hall–Kier alpha value is -1.39. The molecule has 112 valence electrons. The first-order chi connectivity index (χ1) is 10.3. The number of nitrogens with zero attached hydrogens (tertiary/aromatic N) is 1. The van der Waals surface area contributed by atoms with Crippen LogP contribution in [0.15, 0.2) is 29.6 Å². The number of rotatable bonds is 5. The van der Waals surface area contributed by atoms with E-state index in [1.807, 2.05) is 4.90 Å². The second-order valence-electron chi connectivity index (χ2n) is 5.49. The minimum Gasteiger partial charge on any atom is -0.371 e. The normalized spacial score (nSPS) is 15.5. The first kappa shape index (κ1) is 14.5. The van der Waals surface area contributed by atoms with Crippen molar-refractivity contribution < 1.29 is 9.53 Å². The van der Waals surface area contributed by atoms with Crippen LogP contribution < -0.4 is 0 Å². The number of carbonyl (C=O) groups is 1. The largest absolute Gasteiger partial charge is 0.371 e. The Morgan fingerprint density at radius 1 is 1.19 bits per heavy atom. The van der Waals surface area contributed by atoms with Crippen LogP contribution in [-0.4, -0.2) is 37.1 Å². The van der Waals surface area contributed by atoms with E-state index in [0.29, 0.717) is 6.61 Å². The second-order valence-corrected chi connectivity index (χ2v) is 6.44. The van der Waals surface area contributed by atoms with Crippen molar-refractivity contribution in [2.24, 2.45) is 0 Å². The Balaban J connectivity index is 1.46. The highest BCUT2D eigenvalue weighted by Gasteiger charge is 2.16. The molecule has 0 atom stereocenters. The van der Waals surface area contributed by atoms with Crippen LogP contribution >= 0.6 is 11.3 Å². The smallest absolute Gasteiger partial charge is 0.248 e. The van der Waals surface area contributed by atoms with Gasteiger partial charge in [-0.05, 0) is 54.1 Å². The van der Waals surface area contributed by atoms with Gasteiger partial charge in [0, 0.05) is 17.8 Å². The molecular weight excluding hydrogens is 282 g/mol. The topological polar surface area (TPSA) is 29.5 Å². The third-order valence-electron chi connectivity index (χ3n) is 4.04. The van der Waals surface area contributed by atoms with Gasteiger partial charge in [-0.3, -0.25) is 4.79 Å². The maximum atomic E-state index is 12.0. The first-order valence-corrected chi connectivity index (χ1v) is 8.53. The number of thiophene rings is 1. The van der Waals surface area contributed by atoms with Crippen molar-refractivity contribution in [3.63, 3.8) is 0 Å². The quantitative estimate of drug-likeness (QED) is 0.792. The molecule has 3 rings (SSSR count). The summed E-state index contributed by atoms with van der Waals surface area (Å²) in [5.41, 5.74) is 1.30. The molecule has 1 aromatic carbocycles. The van der Waals surface area contributed by atoms with E-state index in [9.17, 15) is 4.79 Å². The molecule has 0 saturated carbocycles. The van der Waals surface area contributed by atoms with Crippen molar-refractivity contribution in [2.45, 2.75) is 25.7 Å². The molecule has 0 N–H and O–H groups in total. The molecule has 3 nitrogen and oxygen atoms in total. The summed E-state index contributed by atoms with van der Waals surface area (Å²) in [7, 11) is 0. The minimum atomic E-state index is 0.142. The van der Waals surface area contributed by atoms with Gasteiger partial charge < -0.3 is 9.64 Å². The Morgan fingerprint density at radius 2 is 2.05 bits per heavy atom. The standard InChI is InChI=1S/C17H21NO2S/c19-17(18-9-2-1-3-10-18)13-20-11-7-14-5-4-6-16-15(14)8-12-21-16/h4-6,8,12H,1-3,7,9-11,13H2. The number of amides is 1. The van der Waals surface area contributed by atoms with E-state index >= 15 is 0 Å². The number of ether oxygens (including phenoxy) is 1. The van der Waals surface area contributed by atoms with E-state index in [1.54, 1.807) is 11.3 Å². The van der Waals surface area contributed by atoms with Crippen molar-refractivity contribution in [2.75, 3.05) is 26.3 Å². The molecule has 1 aromatic heterocycles. The van der Waals surface area contributed by atoms with Crippen LogP contribution in [0.1, 0.15) is 24.8 Å². The van der Waals surface area contributed by atoms with Crippen LogP contribution in [0.25, 0.3) is 10.1 Å². The average Bonchev–Trinajstić information content (AvgIpc) is 3.01. The van der Waals surface area contributed by atoms with Crippen molar-refractivity contribution >= 4 is 27.3 Å². The second kappa shape index (κ2) is 7.05. The summed E-state index contributed by atoms with van der Waals surface area (Å²) < 4.78 is 6.91. The lowest BCUT2D eigenvalue weighted by Gasteiger charge is -2.26. The molecule has 2 heterocycles. The lowest BCUT2D eigenvalue weighted by molar-refractivity contribution is -0.137. The highest BCUT2D eigenvalue weighted by Crippen LogP contribution is 2.24. The van der Waals surface area contributed by atoms with Crippen molar-refractivity contribution in [3.05, 3.63) is 35.2 Å². The highest BCUT2D eigenvalue weighted by atomic mass is 32.1. The van der Waals surface area contributed by atoms with Gasteiger partial charge >= 0.3 is 0 Å². The summed E-state index contributed by atoms with van der Waals surface area (Å²) >= 11 is 1.76. The number of fused-ring (bicyclic) bond motifs is 1. The molecule has 4 heteroatoms. The Bertz CT molecular complexity index is 602. The Labute approximate surface area is 129 Å². The molecule has 0 radical (unpaired) electrons. The number of hydrogen-bond acceptors (Lipinski definition) is 3. The number of benzene rings is 1. The third-order valence-corrected chi connectivity index (χ3v) is 4.92. The average molecular weight is 303 g/mol. The van der Waals surface area contributed by atoms with E-state index < -0.39 is 0 Å². The predicted molar refractivity (Wildman–Crippen MR) is 86.8 cm³/mol. The van der Waals surface area contributed by atoms with Crippen molar-refractivity contribution in [1.29, 1.82) is 0 Å². The fourth-order valence-corrected chi connectivity index (χ4v) is 3.68. The first-order valence-electron chi connectivity index (χ1n) is 7.65. The molecule has 1 saturated heterocycles. The van der Waals surface area contributed by atoms with Crippen LogP contribution in [0.3, 0.4) is 0 Å². The summed E-state index contributed by atoms with van der Waals surface area (Å²) in [6, 6.07) is 8.54. The van der Waals surface area contributed by atoms with Crippen LogP contribution in [-0.2, 0) is 16.0 Å². The van der Waals surface area contributed by atoms with Gasteiger partial charge in [-0.1, -0.05) is 12.1 Å². The zero-order valence-electron chi connectivity index (χ0n) is 12.2. The van der Waals surface area contributed by atoms with Gasteiger partial charge in [-0.15, -0.1) is 11.3 Å². The van der Waals surface area contributed by atoms with Gasteiger partial charge in [0.15, 0.2) is 0 Å². The number of carbonyl (C=O) groups excluding carboxylic acids is 1. The van der Waals surface area contributed by atoms with Gasteiger partial charge in [-0.2, -0.15) is 0 Å². The maximum Gasteiger partial charge on any atom is 0.248 e. The summed E-state index contributed by atoms with van der Waals surface area (Å²) in [5, 5.41) is 3.43. The summed E-state index contributed by atoms with van der Waals surface area (Å²) in [6.45, 7) is 2.63. The molecule has 0 aliphatic carbocycles. The van der Waals surface area contributed by atoms with Crippen molar-refractivity contribution in [1.82, 2.24) is 4.90 Å². The van der Waals surface area contributed by atoms with Crippen LogP contribution in [0.5, 0.6) is 0 Å². The molecular formula is C17H21NO2S. The molecule has 21 heavy (non-hydrogen) atoms. The molecule has 1 fully saturated rings. The van der Waals surface area contributed by atoms with E-state index in [4.69, 9.17) is 4.74 Å². The number of piperidine rings is 1. The fourth-order valence-electron chi connectivity index (χ4n) is 2.85. The molecule has 0 unspecified atom stereocenters. The van der Waals surface area contributed by atoms with E-state index in [1.165, 1.54) is 22.1 Å². The van der Waals surface area contributed by atoms with Gasteiger partial charge in [0.2, 0.25) is 5.91 Å². The molecule has 1 aliphatic rings. The third kappa shape index (κ3) is 3.63. The zero-order valence-corrected chi connectivity index (χ0v) is 13.0. The van der Waals surface area contributed by atoms with Gasteiger partial charge in [0.05, 0.1) is 6.61 Å².